The van der Waals surface area contributed by atoms with Crippen LogP contribution >= 0.6 is 0 Å². The largest absolute Gasteiger partial charge is 0.466 e. The number of carbonyl (C=O) groups excluding carboxylic acids is 4. The van der Waals surface area contributed by atoms with Crippen molar-refractivity contribution in [2.75, 3.05) is 28.4 Å². The van der Waals surface area contributed by atoms with Crippen molar-refractivity contribution in [3.8, 4) is 0 Å². The number of methoxy groups -OCH3 is 4. The molecule has 0 bridgehead atoms. The second kappa shape index (κ2) is 14.9. The second-order valence-corrected chi connectivity index (χ2v) is 8.12. The molecule has 1 rings (SSSR count). The van der Waals surface area contributed by atoms with Crippen LogP contribution in [-0.2, 0) is 38.1 Å². The number of rotatable bonds is 10. The van der Waals surface area contributed by atoms with E-state index in [1.165, 1.54) is 42.3 Å². The van der Waals surface area contributed by atoms with Gasteiger partial charge in [0.1, 0.15) is 0 Å². The number of esters is 4. The van der Waals surface area contributed by atoms with Gasteiger partial charge in [0.2, 0.25) is 0 Å². The summed E-state index contributed by atoms with van der Waals surface area (Å²) in [5, 5.41) is 0. The lowest BCUT2D eigenvalue weighted by Gasteiger charge is -2.30. The van der Waals surface area contributed by atoms with Crippen LogP contribution in [0.2, 0.25) is 0 Å². The molecular weight excluding hydrogens is 440 g/mol. The summed E-state index contributed by atoms with van der Waals surface area (Å²) in [5.41, 5.74) is 0.731. The Labute approximate surface area is 201 Å². The average molecular weight is 477 g/mol. The Kier molecular flexibility index (Phi) is 12.6. The molecule has 1 saturated carbocycles. The minimum atomic E-state index is -0.592. The van der Waals surface area contributed by atoms with Crippen molar-refractivity contribution in [3.63, 3.8) is 0 Å². The van der Waals surface area contributed by atoms with Crippen molar-refractivity contribution in [1.29, 1.82) is 0 Å². The van der Waals surface area contributed by atoms with Crippen LogP contribution in [0.1, 0.15) is 52.4 Å². The van der Waals surface area contributed by atoms with Crippen molar-refractivity contribution < 1.29 is 38.1 Å². The van der Waals surface area contributed by atoms with Crippen molar-refractivity contribution in [3.05, 3.63) is 46.6 Å². The zero-order valence-electron chi connectivity index (χ0n) is 21.0. The van der Waals surface area contributed by atoms with Crippen LogP contribution in [0.15, 0.2) is 46.6 Å². The number of ether oxygens (including phenoxy) is 4. The molecule has 1 fully saturated rings. The minimum Gasteiger partial charge on any atom is -0.466 e. The summed E-state index contributed by atoms with van der Waals surface area (Å²) in [6.07, 6.45) is 12.8. The molecule has 0 aliphatic heterocycles. The van der Waals surface area contributed by atoms with E-state index in [-0.39, 0.29) is 22.3 Å². The van der Waals surface area contributed by atoms with Gasteiger partial charge in [-0.2, -0.15) is 0 Å². The van der Waals surface area contributed by atoms with Crippen LogP contribution in [0.4, 0.5) is 0 Å². The predicted octanol–water partition coefficient (Wildman–Crippen LogP) is 4.01. The molecule has 0 aromatic carbocycles. The fourth-order valence-corrected chi connectivity index (χ4v) is 4.06. The Bertz CT molecular complexity index is 803. The third-order valence-corrected chi connectivity index (χ3v) is 6.11. The van der Waals surface area contributed by atoms with E-state index in [1.54, 1.807) is 12.2 Å². The van der Waals surface area contributed by atoms with E-state index in [4.69, 9.17) is 18.9 Å². The Morgan fingerprint density at radius 2 is 0.941 bits per heavy atom. The molecule has 0 N–H and O–H groups in total. The smallest absolute Gasteiger partial charge is 0.338 e. The Balaban J connectivity index is 2.99. The molecule has 188 valence electrons. The van der Waals surface area contributed by atoms with E-state index in [1.807, 2.05) is 12.2 Å². The van der Waals surface area contributed by atoms with Crippen LogP contribution in [0.5, 0.6) is 0 Å². The summed E-state index contributed by atoms with van der Waals surface area (Å²) in [5.74, 6) is -1.60. The molecule has 1 aliphatic carbocycles. The van der Waals surface area contributed by atoms with Gasteiger partial charge in [-0.25, -0.2) is 19.2 Å². The number of carbonyl (C=O) groups is 4. The second-order valence-electron chi connectivity index (χ2n) is 8.12. The average Bonchev–Trinajstić information content (AvgIpc) is 2.87. The van der Waals surface area contributed by atoms with Crippen LogP contribution < -0.4 is 0 Å². The third kappa shape index (κ3) is 8.32. The van der Waals surface area contributed by atoms with E-state index < -0.39 is 23.9 Å². The molecular formula is C26H36O8. The molecule has 0 unspecified atom stereocenters. The molecule has 34 heavy (non-hydrogen) atoms. The maximum absolute atomic E-state index is 12.1. The van der Waals surface area contributed by atoms with Crippen LogP contribution in [0.25, 0.3) is 0 Å². The Hall–Kier alpha value is -3.16. The van der Waals surface area contributed by atoms with Gasteiger partial charge in [0.25, 0.3) is 0 Å². The molecule has 0 saturated heterocycles. The first-order valence-electron chi connectivity index (χ1n) is 11.3. The predicted molar refractivity (Wildman–Crippen MR) is 126 cm³/mol. The summed E-state index contributed by atoms with van der Waals surface area (Å²) in [6.45, 7) is 3.05. The van der Waals surface area contributed by atoms with Crippen molar-refractivity contribution in [2.24, 2.45) is 11.8 Å². The molecule has 0 heterocycles. The topological polar surface area (TPSA) is 105 Å². The lowest BCUT2D eigenvalue weighted by Crippen LogP contribution is -2.19. The van der Waals surface area contributed by atoms with E-state index in [9.17, 15) is 19.2 Å². The first-order valence-corrected chi connectivity index (χ1v) is 11.3. The maximum atomic E-state index is 12.1. The molecule has 0 amide bonds. The highest BCUT2D eigenvalue weighted by Crippen LogP contribution is 2.35. The molecule has 1 aliphatic rings. The fourth-order valence-electron chi connectivity index (χ4n) is 4.06. The van der Waals surface area contributed by atoms with Gasteiger partial charge in [0.15, 0.2) is 0 Å². The monoisotopic (exact) mass is 476 g/mol. The quantitative estimate of drug-likeness (QED) is 0.202. The number of hydrogen-bond donors (Lipinski definition) is 0. The van der Waals surface area contributed by atoms with Crippen LogP contribution in [0.3, 0.4) is 0 Å². The van der Waals surface area contributed by atoms with Crippen LogP contribution in [0, 0.1) is 11.8 Å². The van der Waals surface area contributed by atoms with Crippen molar-refractivity contribution in [2.45, 2.75) is 52.4 Å². The van der Waals surface area contributed by atoms with Gasteiger partial charge in [-0.3, -0.25) is 0 Å². The highest BCUT2D eigenvalue weighted by atomic mass is 16.5. The SMILES string of the molecule is COC(=O)/C(C)=C(/C=C/C[C@H]1CCCC[C@@H]1C/C=C/C(C(=O)OC)=C(\C)C(=O)OC)C(=O)OC. The van der Waals surface area contributed by atoms with Crippen molar-refractivity contribution >= 4 is 23.9 Å². The first kappa shape index (κ1) is 28.9. The van der Waals surface area contributed by atoms with Gasteiger partial charge in [-0.1, -0.05) is 37.1 Å². The zero-order valence-corrected chi connectivity index (χ0v) is 21.0. The molecule has 8 heteroatoms. The lowest BCUT2D eigenvalue weighted by atomic mass is 9.75. The summed E-state index contributed by atoms with van der Waals surface area (Å²) in [7, 11) is 5.06. The lowest BCUT2D eigenvalue weighted by molar-refractivity contribution is -0.139. The highest BCUT2D eigenvalue weighted by Gasteiger charge is 2.24. The summed E-state index contributed by atoms with van der Waals surface area (Å²) < 4.78 is 19.0. The minimum absolute atomic E-state index is 0.174. The highest BCUT2D eigenvalue weighted by molar-refractivity contribution is 6.02. The normalized spacial score (nSPS) is 19.8. The summed E-state index contributed by atoms with van der Waals surface area (Å²) >= 11 is 0. The Morgan fingerprint density at radius 3 is 1.24 bits per heavy atom. The Morgan fingerprint density at radius 1 is 0.618 bits per heavy atom. The van der Waals surface area contributed by atoms with Gasteiger partial charge >= 0.3 is 23.9 Å². The molecule has 2 atom stereocenters. The van der Waals surface area contributed by atoms with E-state index in [2.05, 4.69) is 0 Å². The molecule has 0 aromatic heterocycles. The van der Waals surface area contributed by atoms with Gasteiger partial charge in [0, 0.05) is 11.1 Å². The summed E-state index contributed by atoms with van der Waals surface area (Å²) in [6, 6.07) is 0. The van der Waals surface area contributed by atoms with Crippen molar-refractivity contribution in [1.82, 2.24) is 0 Å². The summed E-state index contributed by atoms with van der Waals surface area (Å²) in [4.78, 5) is 47.9. The van der Waals surface area contributed by atoms with E-state index >= 15 is 0 Å². The molecule has 0 radical (unpaired) electrons. The number of allylic oxidation sites excluding steroid dienone is 2. The van der Waals surface area contributed by atoms with Gasteiger partial charge in [0.05, 0.1) is 39.6 Å². The van der Waals surface area contributed by atoms with Gasteiger partial charge in [-0.15, -0.1) is 0 Å². The van der Waals surface area contributed by atoms with Gasteiger partial charge in [-0.05, 0) is 51.4 Å². The van der Waals surface area contributed by atoms with E-state index in [0.29, 0.717) is 11.8 Å². The molecule has 8 nitrogen and oxygen atoms in total. The standard InChI is InChI=1S/C26H36O8/c1-17(23(27)31-3)21(25(29)33-5)15-9-13-19-11-7-8-12-20(19)14-10-16-22(26(30)34-6)18(2)24(28)32-4/h9-10,15-16,19-20H,7-8,11-14H2,1-6H3/b15-9+,16-10+,21-17-,22-18-/t19-,20-/m1/s1. The van der Waals surface area contributed by atoms with Crippen LogP contribution in [-0.4, -0.2) is 52.3 Å². The molecule has 0 aromatic rings. The maximum Gasteiger partial charge on any atom is 0.338 e. The molecule has 0 spiro atoms. The fraction of sp³-hybridized carbons (Fsp3) is 0.538. The number of hydrogen-bond acceptors (Lipinski definition) is 8. The first-order chi connectivity index (χ1) is 16.2. The van der Waals surface area contributed by atoms with Gasteiger partial charge < -0.3 is 18.9 Å². The van der Waals surface area contributed by atoms with E-state index in [0.717, 1.165) is 38.5 Å². The third-order valence-electron chi connectivity index (χ3n) is 6.11. The zero-order chi connectivity index (χ0) is 25.7.